The van der Waals surface area contributed by atoms with E-state index < -0.39 is 23.3 Å². The topological polar surface area (TPSA) is 416 Å². The van der Waals surface area contributed by atoms with Crippen molar-refractivity contribution in [2.24, 2.45) is 12.5 Å². The number of thioether (sulfide) groups is 1. The first-order valence-electron chi connectivity index (χ1n) is 37.3. The van der Waals surface area contributed by atoms with Crippen LogP contribution in [0.15, 0.2) is 69.4 Å². The second-order valence-corrected chi connectivity index (χ2v) is 28.5. The van der Waals surface area contributed by atoms with Crippen molar-refractivity contribution >= 4 is 75.6 Å². The number of urea groups is 1. The lowest BCUT2D eigenvalue weighted by Gasteiger charge is -2.30. The number of Topliss-reactive ketones (excluding diaryl/α,β-unsaturated/α-hetero) is 2. The molecule has 10 N–H and O–H groups in total. The van der Waals surface area contributed by atoms with E-state index in [-0.39, 0.29) is 159 Å². The summed E-state index contributed by atoms with van der Waals surface area (Å²) in [5.74, 6) is -0.875. The normalized spacial score (nSPS) is 16.2. The Hall–Kier alpha value is -8.63. The van der Waals surface area contributed by atoms with Crippen molar-refractivity contribution < 1.29 is 71.6 Å². The third-order valence-electron chi connectivity index (χ3n) is 17.9. The van der Waals surface area contributed by atoms with Gasteiger partial charge in [-0.25, -0.2) is 4.79 Å². The number of unbranched alkanes of at least 4 members (excludes halogenated alkanes) is 6. The van der Waals surface area contributed by atoms with Crippen LogP contribution in [0.3, 0.4) is 0 Å². The van der Waals surface area contributed by atoms with E-state index >= 15 is 0 Å². The molecule has 2 aliphatic heterocycles. The smallest absolute Gasteiger partial charge is 0.315 e. The number of rotatable bonds is 54. The number of ketones is 2. The van der Waals surface area contributed by atoms with Crippen LogP contribution in [0.5, 0.6) is 5.75 Å². The molecule has 106 heavy (non-hydrogen) atoms. The molecule has 33 heteroatoms. The van der Waals surface area contributed by atoms with E-state index in [4.69, 9.17) is 28.4 Å². The Morgan fingerprint density at radius 2 is 1.16 bits per heavy atom. The second-order valence-electron chi connectivity index (χ2n) is 27.2. The maximum Gasteiger partial charge on any atom is 0.315 e. The summed E-state index contributed by atoms with van der Waals surface area (Å²) in [6.07, 6.45) is 10.5. The Labute approximate surface area is 622 Å². The number of nitrogens with one attached hydrogen (secondary N) is 10. The maximum atomic E-state index is 13.6. The van der Waals surface area contributed by atoms with Crippen molar-refractivity contribution in [2.75, 3.05) is 118 Å². The average molecular weight is 1500 g/mol. The monoisotopic (exact) mass is 1500 g/mol. The molecule has 584 valence electrons. The summed E-state index contributed by atoms with van der Waals surface area (Å²) in [5, 5.41) is 41.7. The molecule has 0 unspecified atom stereocenters. The van der Waals surface area contributed by atoms with Gasteiger partial charge >= 0.3 is 6.03 Å². The summed E-state index contributed by atoms with van der Waals surface area (Å²) in [7, 11) is 1.48. The van der Waals surface area contributed by atoms with Crippen LogP contribution in [0, 0.1) is 5.41 Å². The number of fused-ring (bicyclic) bond motifs is 2. The largest absolute Gasteiger partial charge is 0.494 e. The molecule has 1 saturated carbocycles. The van der Waals surface area contributed by atoms with Crippen LogP contribution < -0.4 is 63.7 Å². The lowest BCUT2D eigenvalue weighted by Crippen LogP contribution is -2.47. The Morgan fingerprint density at radius 1 is 0.575 bits per heavy atom. The minimum absolute atomic E-state index is 0.0254. The molecule has 32 nitrogen and oxygen atoms in total. The number of aromatic nitrogens is 6. The van der Waals surface area contributed by atoms with Crippen molar-refractivity contribution in [3.05, 3.63) is 86.3 Å². The lowest BCUT2D eigenvalue weighted by molar-refractivity contribution is -0.130. The van der Waals surface area contributed by atoms with Gasteiger partial charge in [-0.15, -0.1) is 15.0 Å². The highest BCUT2D eigenvalue weighted by Gasteiger charge is 2.43. The van der Waals surface area contributed by atoms with Gasteiger partial charge in [-0.1, -0.05) is 51.3 Å². The van der Waals surface area contributed by atoms with E-state index in [2.05, 4.69) is 68.4 Å². The number of nitrogens with zero attached hydrogens (tertiary/aromatic N) is 5. The predicted octanol–water partition coefficient (Wildman–Crippen LogP) is 3.42. The number of H-pyrrole nitrogens is 1. The van der Waals surface area contributed by atoms with E-state index in [1.165, 1.54) is 11.8 Å². The first-order chi connectivity index (χ1) is 51.3. The Morgan fingerprint density at radius 3 is 1.85 bits per heavy atom. The van der Waals surface area contributed by atoms with Crippen LogP contribution in [0.2, 0.25) is 0 Å². The highest BCUT2D eigenvalue weighted by Crippen LogP contribution is 2.36. The SMILES string of the molecule is Cn1[nH]c(=O)c2cc(OCCCCCCNC(=O)CCC(=O)N[C@@H](CCCCNC(=O)CCCCC(NCCOCCOCCNC(=O)c3nnn(-c4ccccc4)n3)=C3C(=O)CC(C)(C)CC3=O)C(=O)NCCCOCCOCCOCCCNC(=O)CCCC[C@@H]3SC[C@@H]4NC(=O)N[C@@H]43)ccc2c1=O. The van der Waals surface area contributed by atoms with Gasteiger partial charge in [-0.2, -0.15) is 11.8 Å². The molecule has 0 radical (unpaired) electrons. The Balaban J connectivity index is 0.740. The highest BCUT2D eigenvalue weighted by atomic mass is 32.2. The molecular weight excluding hydrogens is 1390 g/mol. The molecule has 0 bridgehead atoms. The molecule has 8 amide bonds. The van der Waals surface area contributed by atoms with Gasteiger partial charge in [0.1, 0.15) is 11.8 Å². The highest BCUT2D eigenvalue weighted by molar-refractivity contribution is 8.00. The molecule has 4 aromatic rings. The number of amides is 8. The molecule has 3 fully saturated rings. The summed E-state index contributed by atoms with van der Waals surface area (Å²) < 4.78 is 35.3. The van der Waals surface area contributed by atoms with E-state index in [1.54, 1.807) is 30.3 Å². The number of aromatic amines is 1. The summed E-state index contributed by atoms with van der Waals surface area (Å²) in [4.78, 5) is 142. The number of ether oxygens (including phenoxy) is 6. The van der Waals surface area contributed by atoms with Gasteiger partial charge in [0.05, 0.1) is 93.6 Å². The molecule has 2 saturated heterocycles. The maximum absolute atomic E-state index is 13.6. The van der Waals surface area contributed by atoms with Crippen LogP contribution in [0.1, 0.15) is 159 Å². The number of benzene rings is 2. The molecule has 3 aliphatic rings. The van der Waals surface area contributed by atoms with E-state index in [9.17, 15) is 52.7 Å². The van der Waals surface area contributed by atoms with Gasteiger partial charge in [0, 0.05) is 115 Å². The summed E-state index contributed by atoms with van der Waals surface area (Å²) in [6.45, 7) is 9.59. The number of aryl methyl sites for hydroxylation is 1. The van der Waals surface area contributed by atoms with Crippen LogP contribution in [-0.2, 0) is 64.3 Å². The van der Waals surface area contributed by atoms with E-state index in [0.29, 0.717) is 158 Å². The number of tetrazole rings is 1. The summed E-state index contributed by atoms with van der Waals surface area (Å²) >= 11 is 1.88. The Kier molecular flexibility index (Phi) is 37.6. The van der Waals surface area contributed by atoms with Gasteiger partial charge < -0.3 is 76.3 Å². The fourth-order valence-corrected chi connectivity index (χ4v) is 13.8. The van der Waals surface area contributed by atoms with Gasteiger partial charge in [0.2, 0.25) is 29.5 Å². The van der Waals surface area contributed by atoms with Crippen LogP contribution >= 0.6 is 11.8 Å². The standard InChI is InChI=1S/C73H109N15O17S/c1-73(2)48-58(89)65(59(90)49-73)55(74-34-39-102-43-44-103-40-35-79-70(97)67-83-86-88(84-67)51-19-7-6-8-20-51)21-9-11-24-61(91)75-31-15-13-22-56(80-64(94)29-28-63(93)76-30-14-4-5-16-38-105-52-26-27-53-54(47-52)68(95)85-87(3)71(53)98)69(96)78-33-18-37-101-42-46-104-45-41-100-36-17-32-77-62(92)25-12-10-23-60-66-57(50-106-60)81-72(99)82-66/h6-8,19-20,26-27,47,56-57,60,66,74H,4-5,9-18,21-25,28-46,48-50H2,1-3H3,(H,75,91)(H,76,93)(H,77,92)(H,78,96)(H,79,97)(H,80,94)(H,85,95)(H2,81,82,99)/t56-,57-,60-,66-/m0/s1. The number of hydrogen-bond donors (Lipinski definition) is 10. The number of para-hydroxylation sites is 1. The number of carbonyl (C=O) groups is 9. The van der Waals surface area contributed by atoms with Crippen LogP contribution in [0.25, 0.3) is 16.5 Å². The van der Waals surface area contributed by atoms with Crippen LogP contribution in [0.4, 0.5) is 4.79 Å². The zero-order chi connectivity index (χ0) is 75.7. The molecule has 2 aromatic heterocycles. The first-order valence-corrected chi connectivity index (χ1v) is 38.4. The van der Waals surface area contributed by atoms with Gasteiger partial charge in [-0.05, 0) is 118 Å². The third-order valence-corrected chi connectivity index (χ3v) is 19.4. The lowest BCUT2D eigenvalue weighted by atomic mass is 9.73. The zero-order valence-corrected chi connectivity index (χ0v) is 62.4. The van der Waals surface area contributed by atoms with Gasteiger partial charge in [0.25, 0.3) is 22.9 Å². The van der Waals surface area contributed by atoms with E-state index in [0.717, 1.165) is 49.0 Å². The third kappa shape index (κ3) is 31.1. The molecule has 0 spiro atoms. The second kappa shape index (κ2) is 47.1. The Bertz CT molecular complexity index is 3600. The number of carbonyl (C=O) groups excluding carboxylic acids is 9. The summed E-state index contributed by atoms with van der Waals surface area (Å²) in [5.41, 5.74) is 0.235. The van der Waals surface area contributed by atoms with Crippen molar-refractivity contribution in [2.45, 2.75) is 172 Å². The van der Waals surface area contributed by atoms with Crippen molar-refractivity contribution in [3.8, 4) is 11.4 Å². The van der Waals surface area contributed by atoms with Gasteiger partial charge in [-0.3, -0.25) is 57.7 Å². The fourth-order valence-electron chi connectivity index (χ4n) is 12.3. The van der Waals surface area contributed by atoms with Gasteiger partial charge in [0.15, 0.2) is 11.6 Å². The predicted molar refractivity (Wildman–Crippen MR) is 396 cm³/mol. The molecule has 4 heterocycles. The number of hydrogen-bond acceptors (Lipinski definition) is 22. The van der Waals surface area contributed by atoms with Crippen LogP contribution in [-0.4, -0.2) is 224 Å². The van der Waals surface area contributed by atoms with Crippen molar-refractivity contribution in [1.82, 2.24) is 77.8 Å². The minimum atomic E-state index is -0.902. The zero-order valence-electron chi connectivity index (χ0n) is 61.6. The molecular formula is C73H109N15O17S. The quantitative estimate of drug-likeness (QED) is 0.0131. The molecule has 4 atom stereocenters. The first kappa shape index (κ1) is 84.6. The number of allylic oxidation sites excluding steroid dienone is 2. The van der Waals surface area contributed by atoms with Crippen molar-refractivity contribution in [1.29, 1.82) is 0 Å². The molecule has 2 aromatic carbocycles. The van der Waals surface area contributed by atoms with E-state index in [1.807, 2.05) is 43.8 Å². The van der Waals surface area contributed by atoms with Crippen molar-refractivity contribution in [3.63, 3.8) is 0 Å². The fraction of sp³-hybridized carbons (Fsp3) is 0.644. The summed E-state index contributed by atoms with van der Waals surface area (Å²) in [6, 6.07) is 13.3. The minimum Gasteiger partial charge on any atom is -0.494 e. The average Bonchev–Trinajstić information content (AvgIpc) is 1.19. The molecule has 7 rings (SSSR count). The molecule has 1 aliphatic carbocycles.